The Morgan fingerprint density at radius 2 is 2.32 bits per heavy atom. The average molecular weight is 329 g/mol. The van der Waals surface area contributed by atoms with Crippen molar-refractivity contribution in [1.82, 2.24) is 5.43 Å². The van der Waals surface area contributed by atoms with Crippen molar-refractivity contribution in [3.8, 4) is 5.75 Å². The van der Waals surface area contributed by atoms with E-state index in [9.17, 15) is 0 Å². The highest BCUT2D eigenvalue weighted by molar-refractivity contribution is 9.10. The molecule has 4 nitrogen and oxygen atoms in total. The lowest BCUT2D eigenvalue weighted by Crippen LogP contribution is -2.45. The van der Waals surface area contributed by atoms with Gasteiger partial charge < -0.3 is 9.47 Å². The van der Waals surface area contributed by atoms with Crippen LogP contribution < -0.4 is 16.0 Å². The van der Waals surface area contributed by atoms with Gasteiger partial charge in [-0.15, -0.1) is 0 Å². The van der Waals surface area contributed by atoms with Crippen LogP contribution in [0, 0.1) is 0 Å². The number of methoxy groups -OCH3 is 1. The van der Waals surface area contributed by atoms with E-state index in [0.717, 1.165) is 29.5 Å². The fourth-order valence-electron chi connectivity index (χ4n) is 2.52. The van der Waals surface area contributed by atoms with Crippen molar-refractivity contribution >= 4 is 15.9 Å². The maximum Gasteiger partial charge on any atom is 0.133 e. The summed E-state index contributed by atoms with van der Waals surface area (Å²) < 4.78 is 12.1. The van der Waals surface area contributed by atoms with Crippen molar-refractivity contribution in [2.24, 2.45) is 5.84 Å². The van der Waals surface area contributed by atoms with Gasteiger partial charge in [0, 0.05) is 0 Å². The molecule has 1 aromatic rings. The molecule has 3 unspecified atom stereocenters. The molecule has 1 saturated heterocycles. The Hall–Kier alpha value is -0.620. The van der Waals surface area contributed by atoms with E-state index in [1.54, 1.807) is 7.11 Å². The van der Waals surface area contributed by atoms with Gasteiger partial charge in [0.1, 0.15) is 5.75 Å². The minimum Gasteiger partial charge on any atom is -0.496 e. The number of halogens is 1. The molecule has 2 rings (SSSR count). The van der Waals surface area contributed by atoms with Crippen LogP contribution in [0.3, 0.4) is 0 Å². The molecule has 1 fully saturated rings. The third kappa shape index (κ3) is 3.69. The van der Waals surface area contributed by atoms with Crippen molar-refractivity contribution < 1.29 is 9.47 Å². The SMILES string of the molecule is COc1ccc(CC(NN)C2CCC(C)O2)cc1Br. The molecule has 1 aromatic carbocycles. The number of ether oxygens (including phenoxy) is 2. The molecular weight excluding hydrogens is 308 g/mol. The van der Waals surface area contributed by atoms with Gasteiger partial charge in [-0.05, 0) is 59.8 Å². The van der Waals surface area contributed by atoms with Crippen molar-refractivity contribution in [1.29, 1.82) is 0 Å². The molecule has 0 saturated carbocycles. The quantitative estimate of drug-likeness (QED) is 0.643. The number of hydrogen-bond acceptors (Lipinski definition) is 4. The van der Waals surface area contributed by atoms with Crippen LogP contribution in [0.15, 0.2) is 22.7 Å². The third-order valence-corrected chi connectivity index (χ3v) is 4.22. The molecule has 0 spiro atoms. The number of hydrazine groups is 1. The Bertz CT molecular complexity index is 428. The maximum atomic E-state index is 5.88. The molecule has 19 heavy (non-hydrogen) atoms. The molecule has 0 bridgehead atoms. The second kappa shape index (κ2) is 6.70. The molecule has 3 N–H and O–H groups in total. The van der Waals surface area contributed by atoms with Gasteiger partial charge in [-0.1, -0.05) is 6.07 Å². The summed E-state index contributed by atoms with van der Waals surface area (Å²) >= 11 is 3.50. The molecule has 1 heterocycles. The zero-order valence-corrected chi connectivity index (χ0v) is 12.9. The second-order valence-corrected chi connectivity index (χ2v) is 5.86. The summed E-state index contributed by atoms with van der Waals surface area (Å²) in [4.78, 5) is 0. The number of hydrogen-bond donors (Lipinski definition) is 2. The first kappa shape index (κ1) is 14.8. The zero-order chi connectivity index (χ0) is 13.8. The smallest absolute Gasteiger partial charge is 0.133 e. The van der Waals surface area contributed by atoms with Crippen molar-refractivity contribution in [2.45, 2.75) is 44.4 Å². The van der Waals surface area contributed by atoms with Crippen LogP contribution in [-0.2, 0) is 11.2 Å². The second-order valence-electron chi connectivity index (χ2n) is 5.01. The van der Waals surface area contributed by atoms with E-state index in [0.29, 0.717) is 6.10 Å². The lowest BCUT2D eigenvalue weighted by molar-refractivity contribution is 0.0320. The van der Waals surface area contributed by atoms with E-state index in [1.807, 2.05) is 6.07 Å². The summed E-state index contributed by atoms with van der Waals surface area (Å²) in [6.07, 6.45) is 3.54. The third-order valence-electron chi connectivity index (χ3n) is 3.60. The molecule has 0 amide bonds. The molecule has 1 aliphatic heterocycles. The van der Waals surface area contributed by atoms with Crippen LogP contribution in [0.25, 0.3) is 0 Å². The first-order chi connectivity index (χ1) is 9.13. The highest BCUT2D eigenvalue weighted by atomic mass is 79.9. The van der Waals surface area contributed by atoms with Crippen LogP contribution in [0.2, 0.25) is 0 Å². The topological polar surface area (TPSA) is 56.5 Å². The van der Waals surface area contributed by atoms with Crippen molar-refractivity contribution in [3.05, 3.63) is 28.2 Å². The molecule has 5 heteroatoms. The van der Waals surface area contributed by atoms with E-state index in [4.69, 9.17) is 15.3 Å². The standard InChI is InChI=1S/C14H21BrN2O2/c1-9-3-5-14(19-9)12(17-16)8-10-4-6-13(18-2)11(15)7-10/h4,6-7,9,12,14,17H,3,5,8,16H2,1-2H3. The first-order valence-corrected chi connectivity index (χ1v) is 7.37. The molecule has 0 aliphatic carbocycles. The Morgan fingerprint density at radius 1 is 1.53 bits per heavy atom. The lowest BCUT2D eigenvalue weighted by Gasteiger charge is -2.23. The number of benzene rings is 1. The minimum atomic E-state index is 0.144. The molecular formula is C14H21BrN2O2. The first-order valence-electron chi connectivity index (χ1n) is 6.58. The Kier molecular flexibility index (Phi) is 5.21. The van der Waals surface area contributed by atoms with E-state index < -0.39 is 0 Å². The van der Waals surface area contributed by atoms with Crippen LogP contribution in [0.1, 0.15) is 25.3 Å². The van der Waals surface area contributed by atoms with E-state index in [-0.39, 0.29) is 12.1 Å². The summed E-state index contributed by atoms with van der Waals surface area (Å²) in [5, 5.41) is 0. The van der Waals surface area contributed by atoms with Gasteiger partial charge in [0.05, 0.1) is 29.8 Å². The zero-order valence-electron chi connectivity index (χ0n) is 11.4. The van der Waals surface area contributed by atoms with Gasteiger partial charge in [0.2, 0.25) is 0 Å². The van der Waals surface area contributed by atoms with Crippen LogP contribution in [-0.4, -0.2) is 25.4 Å². The molecule has 3 atom stereocenters. The summed E-state index contributed by atoms with van der Waals surface area (Å²) in [5.41, 5.74) is 4.10. The summed E-state index contributed by atoms with van der Waals surface area (Å²) in [6, 6.07) is 6.24. The van der Waals surface area contributed by atoms with Crippen molar-refractivity contribution in [2.75, 3.05) is 7.11 Å². The largest absolute Gasteiger partial charge is 0.496 e. The molecule has 106 valence electrons. The Labute approximate surface area is 122 Å². The highest BCUT2D eigenvalue weighted by Gasteiger charge is 2.29. The lowest BCUT2D eigenvalue weighted by atomic mass is 10.00. The average Bonchev–Trinajstić information content (AvgIpc) is 2.82. The van der Waals surface area contributed by atoms with Crippen molar-refractivity contribution in [3.63, 3.8) is 0 Å². The predicted molar refractivity (Wildman–Crippen MR) is 79.1 cm³/mol. The Morgan fingerprint density at radius 3 is 2.84 bits per heavy atom. The predicted octanol–water partition coefficient (Wildman–Crippen LogP) is 2.40. The normalized spacial score (nSPS) is 24.4. The minimum absolute atomic E-state index is 0.144. The fourth-order valence-corrected chi connectivity index (χ4v) is 3.11. The van der Waals surface area contributed by atoms with Gasteiger partial charge in [-0.2, -0.15) is 0 Å². The van der Waals surface area contributed by atoms with E-state index >= 15 is 0 Å². The van der Waals surface area contributed by atoms with Crippen LogP contribution in [0.4, 0.5) is 0 Å². The maximum absolute atomic E-state index is 5.88. The molecule has 1 aliphatic rings. The van der Waals surface area contributed by atoms with Crippen LogP contribution in [0.5, 0.6) is 5.75 Å². The van der Waals surface area contributed by atoms with E-state index in [1.165, 1.54) is 5.56 Å². The fraction of sp³-hybridized carbons (Fsp3) is 0.571. The highest BCUT2D eigenvalue weighted by Crippen LogP contribution is 2.28. The summed E-state index contributed by atoms with van der Waals surface area (Å²) in [5.74, 6) is 6.51. The summed E-state index contributed by atoms with van der Waals surface area (Å²) in [6.45, 7) is 2.11. The summed E-state index contributed by atoms with van der Waals surface area (Å²) in [7, 11) is 1.66. The number of nitrogens with one attached hydrogen (secondary N) is 1. The number of nitrogens with two attached hydrogens (primary N) is 1. The van der Waals surface area contributed by atoms with Gasteiger partial charge >= 0.3 is 0 Å². The number of rotatable bonds is 5. The monoisotopic (exact) mass is 328 g/mol. The van der Waals surface area contributed by atoms with Gasteiger partial charge in [0.25, 0.3) is 0 Å². The Balaban J connectivity index is 2.03. The van der Waals surface area contributed by atoms with Gasteiger partial charge in [0.15, 0.2) is 0 Å². The van der Waals surface area contributed by atoms with Crippen LogP contribution >= 0.6 is 15.9 Å². The van der Waals surface area contributed by atoms with Gasteiger partial charge in [-0.3, -0.25) is 11.3 Å². The molecule has 0 radical (unpaired) electrons. The van der Waals surface area contributed by atoms with Gasteiger partial charge in [-0.25, -0.2) is 0 Å². The molecule has 0 aromatic heterocycles. The van der Waals surface area contributed by atoms with E-state index in [2.05, 4.69) is 40.4 Å².